The van der Waals surface area contributed by atoms with Gasteiger partial charge in [0.2, 0.25) is 5.91 Å². The van der Waals surface area contributed by atoms with Gasteiger partial charge in [-0.3, -0.25) is 4.79 Å². The van der Waals surface area contributed by atoms with E-state index in [1.807, 2.05) is 7.05 Å². The summed E-state index contributed by atoms with van der Waals surface area (Å²) in [5, 5.41) is 3.10. The van der Waals surface area contributed by atoms with Gasteiger partial charge < -0.3 is 10.2 Å². The van der Waals surface area contributed by atoms with Gasteiger partial charge in [0.15, 0.2) is 0 Å². The molecule has 1 heterocycles. The van der Waals surface area contributed by atoms with E-state index in [4.69, 9.17) is 0 Å². The summed E-state index contributed by atoms with van der Waals surface area (Å²) in [6.07, 6.45) is -3.48. The van der Waals surface area contributed by atoms with Crippen LogP contribution in [0.15, 0.2) is 24.3 Å². The van der Waals surface area contributed by atoms with Crippen molar-refractivity contribution < 1.29 is 18.0 Å². The van der Waals surface area contributed by atoms with Crippen LogP contribution in [0, 0.1) is 5.92 Å². The van der Waals surface area contributed by atoms with Crippen LogP contribution in [0.5, 0.6) is 0 Å². The molecule has 1 saturated heterocycles. The minimum Gasteiger partial charge on any atom is -0.342 e. The second-order valence-electron chi connectivity index (χ2n) is 6.67. The van der Waals surface area contributed by atoms with Crippen molar-refractivity contribution in [3.63, 3.8) is 0 Å². The normalized spacial score (nSPS) is 19.2. The molecule has 0 radical (unpaired) electrons. The van der Waals surface area contributed by atoms with Gasteiger partial charge >= 0.3 is 6.18 Å². The van der Waals surface area contributed by atoms with Crippen molar-refractivity contribution in [1.29, 1.82) is 0 Å². The molecular weight excluding hydrogens is 305 g/mol. The molecule has 0 aliphatic carbocycles. The molecule has 0 saturated carbocycles. The predicted octanol–water partition coefficient (Wildman–Crippen LogP) is 3.05. The van der Waals surface area contributed by atoms with Crippen LogP contribution < -0.4 is 5.32 Å². The van der Waals surface area contributed by atoms with E-state index in [9.17, 15) is 18.0 Å². The Balaban J connectivity index is 2.19. The third-order valence-corrected chi connectivity index (χ3v) is 4.51. The van der Waals surface area contributed by atoms with Gasteiger partial charge in [0.1, 0.15) is 0 Å². The fourth-order valence-electron chi connectivity index (χ4n) is 3.08. The molecule has 1 unspecified atom stereocenters. The van der Waals surface area contributed by atoms with Crippen molar-refractivity contribution in [2.75, 3.05) is 26.7 Å². The summed E-state index contributed by atoms with van der Waals surface area (Å²) in [5.74, 6) is 0.289. The maximum atomic E-state index is 12.9. The van der Waals surface area contributed by atoms with E-state index < -0.39 is 17.2 Å². The first kappa shape index (κ1) is 17.8. The smallest absolute Gasteiger partial charge is 0.342 e. The number of benzene rings is 1. The zero-order valence-electron chi connectivity index (χ0n) is 13.7. The monoisotopic (exact) mass is 328 g/mol. The number of halogens is 3. The number of hydrogen-bond donors (Lipinski definition) is 1. The van der Waals surface area contributed by atoms with Gasteiger partial charge in [-0.2, -0.15) is 13.2 Å². The van der Waals surface area contributed by atoms with Crippen molar-refractivity contribution in [3.8, 4) is 0 Å². The molecule has 0 spiro atoms. The van der Waals surface area contributed by atoms with E-state index in [2.05, 4.69) is 5.32 Å². The summed E-state index contributed by atoms with van der Waals surface area (Å²) in [5.41, 5.74) is -1.30. The van der Waals surface area contributed by atoms with Gasteiger partial charge in [-0.25, -0.2) is 0 Å². The first-order chi connectivity index (χ1) is 10.7. The third kappa shape index (κ3) is 3.86. The predicted molar refractivity (Wildman–Crippen MR) is 83.1 cm³/mol. The molecule has 1 fully saturated rings. The number of nitrogens with one attached hydrogen (secondary N) is 1. The number of alkyl halides is 3. The van der Waals surface area contributed by atoms with E-state index in [1.165, 1.54) is 6.07 Å². The van der Waals surface area contributed by atoms with Gasteiger partial charge in [-0.1, -0.05) is 18.2 Å². The molecule has 1 aromatic rings. The number of amides is 1. The van der Waals surface area contributed by atoms with Crippen molar-refractivity contribution in [3.05, 3.63) is 35.4 Å². The Labute approximate surface area is 134 Å². The van der Waals surface area contributed by atoms with Crippen LogP contribution >= 0.6 is 0 Å². The SMILES string of the molecule is CNCC1CCN(C(=O)C(C)(C)c2cccc(C(F)(F)F)c2)C1. The molecule has 2 rings (SSSR count). The van der Waals surface area contributed by atoms with Crippen LogP contribution in [0.2, 0.25) is 0 Å². The van der Waals surface area contributed by atoms with Crippen LogP contribution in [0.3, 0.4) is 0 Å². The molecule has 1 N–H and O–H groups in total. The fourth-order valence-corrected chi connectivity index (χ4v) is 3.08. The third-order valence-electron chi connectivity index (χ3n) is 4.51. The van der Waals surface area contributed by atoms with Crippen LogP contribution in [-0.2, 0) is 16.4 Å². The lowest BCUT2D eigenvalue weighted by atomic mass is 9.82. The van der Waals surface area contributed by atoms with Crippen LogP contribution in [0.4, 0.5) is 13.2 Å². The standard InChI is InChI=1S/C17H23F3N2O/c1-16(2,13-5-4-6-14(9-13)17(18,19)20)15(23)22-8-7-12(11-22)10-21-3/h4-6,9,12,21H,7-8,10-11H2,1-3H3. The number of rotatable bonds is 4. The minimum atomic E-state index is -4.40. The highest BCUT2D eigenvalue weighted by molar-refractivity contribution is 5.87. The second-order valence-corrected chi connectivity index (χ2v) is 6.67. The largest absolute Gasteiger partial charge is 0.416 e. The fraction of sp³-hybridized carbons (Fsp3) is 0.588. The molecule has 3 nitrogen and oxygen atoms in total. The van der Waals surface area contributed by atoms with E-state index >= 15 is 0 Å². The molecule has 0 aromatic heterocycles. The van der Waals surface area contributed by atoms with E-state index in [0.717, 1.165) is 25.1 Å². The highest BCUT2D eigenvalue weighted by Gasteiger charge is 2.38. The first-order valence-corrected chi connectivity index (χ1v) is 7.78. The summed E-state index contributed by atoms with van der Waals surface area (Å²) in [4.78, 5) is 14.6. The lowest BCUT2D eigenvalue weighted by Crippen LogP contribution is -2.42. The van der Waals surface area contributed by atoms with E-state index in [0.29, 0.717) is 24.6 Å². The van der Waals surface area contributed by atoms with E-state index in [-0.39, 0.29) is 5.91 Å². The average molecular weight is 328 g/mol. The zero-order chi connectivity index (χ0) is 17.3. The summed E-state index contributed by atoms with van der Waals surface area (Å²) < 4.78 is 38.7. The Morgan fingerprint density at radius 2 is 1.96 bits per heavy atom. The number of likely N-dealkylation sites (tertiary alicyclic amines) is 1. The zero-order valence-corrected chi connectivity index (χ0v) is 13.7. The first-order valence-electron chi connectivity index (χ1n) is 7.78. The summed E-state index contributed by atoms with van der Waals surface area (Å²) in [6.45, 7) is 5.54. The van der Waals surface area contributed by atoms with Crippen LogP contribution in [0.25, 0.3) is 0 Å². The summed E-state index contributed by atoms with van der Waals surface area (Å²) >= 11 is 0. The molecule has 1 aliphatic heterocycles. The summed E-state index contributed by atoms with van der Waals surface area (Å²) in [6, 6.07) is 5.07. The lowest BCUT2D eigenvalue weighted by molar-refractivity contribution is -0.138. The molecular formula is C17H23F3N2O. The van der Waals surface area contributed by atoms with Crippen molar-refractivity contribution >= 4 is 5.91 Å². The molecule has 1 amide bonds. The van der Waals surface area contributed by atoms with Crippen molar-refractivity contribution in [2.24, 2.45) is 5.92 Å². The van der Waals surface area contributed by atoms with E-state index in [1.54, 1.807) is 24.8 Å². The molecule has 0 bridgehead atoms. The Hall–Kier alpha value is -1.56. The van der Waals surface area contributed by atoms with Crippen molar-refractivity contribution in [1.82, 2.24) is 10.2 Å². The molecule has 1 aromatic carbocycles. The van der Waals surface area contributed by atoms with Gasteiger partial charge in [-0.05, 0) is 51.4 Å². The van der Waals surface area contributed by atoms with Crippen LogP contribution in [-0.4, -0.2) is 37.5 Å². The van der Waals surface area contributed by atoms with Gasteiger partial charge in [0.25, 0.3) is 0 Å². The van der Waals surface area contributed by atoms with Gasteiger partial charge in [0, 0.05) is 13.1 Å². The average Bonchev–Trinajstić information content (AvgIpc) is 2.94. The molecule has 6 heteroatoms. The Bertz CT molecular complexity index is 569. The highest BCUT2D eigenvalue weighted by atomic mass is 19.4. The van der Waals surface area contributed by atoms with Crippen molar-refractivity contribution in [2.45, 2.75) is 31.9 Å². The number of carbonyl (C=O) groups is 1. The molecule has 23 heavy (non-hydrogen) atoms. The molecule has 1 aliphatic rings. The number of carbonyl (C=O) groups excluding carboxylic acids is 1. The topological polar surface area (TPSA) is 32.3 Å². The quantitative estimate of drug-likeness (QED) is 0.921. The number of hydrogen-bond acceptors (Lipinski definition) is 2. The highest BCUT2D eigenvalue weighted by Crippen LogP contribution is 2.34. The maximum absolute atomic E-state index is 12.9. The van der Waals surface area contributed by atoms with Crippen LogP contribution in [0.1, 0.15) is 31.4 Å². The molecule has 128 valence electrons. The second kappa shape index (κ2) is 6.51. The Kier molecular flexibility index (Phi) is 5.04. The Morgan fingerprint density at radius 3 is 2.57 bits per heavy atom. The maximum Gasteiger partial charge on any atom is 0.416 e. The van der Waals surface area contributed by atoms with Gasteiger partial charge in [-0.15, -0.1) is 0 Å². The Morgan fingerprint density at radius 1 is 1.30 bits per heavy atom. The lowest BCUT2D eigenvalue weighted by Gasteiger charge is -2.30. The number of nitrogens with zero attached hydrogens (tertiary/aromatic N) is 1. The minimum absolute atomic E-state index is 0.115. The summed E-state index contributed by atoms with van der Waals surface area (Å²) in [7, 11) is 1.87. The molecule has 1 atom stereocenters. The van der Waals surface area contributed by atoms with Gasteiger partial charge in [0.05, 0.1) is 11.0 Å².